The third-order valence-corrected chi connectivity index (χ3v) is 2.44. The average molecular weight is 285 g/mol. The van der Waals surface area contributed by atoms with Crippen LogP contribution < -0.4 is 5.32 Å². The van der Waals surface area contributed by atoms with Crippen molar-refractivity contribution in [2.24, 2.45) is 5.16 Å². The van der Waals surface area contributed by atoms with Gasteiger partial charge in [-0.05, 0) is 12.1 Å². The Morgan fingerprint density at radius 3 is 2.58 bits per heavy atom. The number of amides is 1. The molecule has 0 aliphatic heterocycles. The summed E-state index contributed by atoms with van der Waals surface area (Å²) in [5.41, 5.74) is 1.03. The summed E-state index contributed by atoms with van der Waals surface area (Å²) in [5.74, 6) is -0.830. The van der Waals surface area contributed by atoms with Crippen LogP contribution in [0.2, 0.25) is 5.02 Å². The third-order valence-electron chi connectivity index (χ3n) is 2.14. The molecular formula is C12H13ClN2O4. The number of nitrogens with one attached hydrogen (secondary N) is 1. The lowest BCUT2D eigenvalue weighted by Crippen LogP contribution is -2.10. The van der Waals surface area contributed by atoms with Crippen LogP contribution in [0.4, 0.5) is 5.69 Å². The first-order chi connectivity index (χ1) is 8.99. The van der Waals surface area contributed by atoms with Gasteiger partial charge in [0.15, 0.2) is 0 Å². The number of esters is 1. The standard InChI is InChI=1S/C12H13ClN2O4/c1-7(16)15-11-9(6-14-19-3)4-8(5-10(11)13)12(17)18-2/h4-6H,1-3H3,(H,15,16). The highest BCUT2D eigenvalue weighted by Crippen LogP contribution is 2.27. The van der Waals surface area contributed by atoms with Gasteiger partial charge in [0.1, 0.15) is 7.11 Å². The van der Waals surface area contributed by atoms with E-state index in [1.165, 1.54) is 39.5 Å². The van der Waals surface area contributed by atoms with Crippen molar-refractivity contribution < 1.29 is 19.2 Å². The molecule has 0 radical (unpaired) electrons. The number of anilines is 1. The predicted molar refractivity (Wildman–Crippen MR) is 71.7 cm³/mol. The Bertz CT molecular complexity index is 529. The second-order valence-corrected chi connectivity index (χ2v) is 3.92. The fourth-order valence-corrected chi connectivity index (χ4v) is 1.66. The molecule has 102 valence electrons. The molecule has 1 rings (SSSR count). The van der Waals surface area contributed by atoms with Gasteiger partial charge in [0.05, 0.1) is 29.6 Å². The Labute approximate surface area is 115 Å². The highest BCUT2D eigenvalue weighted by molar-refractivity contribution is 6.35. The maximum Gasteiger partial charge on any atom is 0.337 e. The lowest BCUT2D eigenvalue weighted by molar-refractivity contribution is -0.114. The summed E-state index contributed by atoms with van der Waals surface area (Å²) in [7, 11) is 2.64. The zero-order valence-corrected chi connectivity index (χ0v) is 11.4. The molecular weight excluding hydrogens is 272 g/mol. The van der Waals surface area contributed by atoms with Crippen molar-refractivity contribution in [1.82, 2.24) is 0 Å². The smallest absolute Gasteiger partial charge is 0.337 e. The van der Waals surface area contributed by atoms with Gasteiger partial charge in [0, 0.05) is 12.5 Å². The first-order valence-corrected chi connectivity index (χ1v) is 5.63. The van der Waals surface area contributed by atoms with Gasteiger partial charge in [-0.15, -0.1) is 0 Å². The Balaban J connectivity index is 3.33. The van der Waals surface area contributed by atoms with Crippen LogP contribution in [0.25, 0.3) is 0 Å². The molecule has 7 heteroatoms. The van der Waals surface area contributed by atoms with Gasteiger partial charge in [-0.2, -0.15) is 0 Å². The SMILES string of the molecule is CON=Cc1cc(C(=O)OC)cc(Cl)c1NC(C)=O. The molecule has 0 fully saturated rings. The van der Waals surface area contributed by atoms with E-state index in [0.717, 1.165) is 0 Å². The summed E-state index contributed by atoms with van der Waals surface area (Å²) in [5, 5.41) is 6.36. The molecule has 0 saturated carbocycles. The number of hydrogen-bond donors (Lipinski definition) is 1. The maximum atomic E-state index is 11.5. The molecule has 6 nitrogen and oxygen atoms in total. The fraction of sp³-hybridized carbons (Fsp3) is 0.250. The number of benzene rings is 1. The monoisotopic (exact) mass is 284 g/mol. The minimum Gasteiger partial charge on any atom is -0.465 e. The molecule has 1 amide bonds. The fourth-order valence-electron chi connectivity index (χ4n) is 1.38. The van der Waals surface area contributed by atoms with E-state index >= 15 is 0 Å². The normalized spacial score (nSPS) is 10.3. The number of carbonyl (C=O) groups is 2. The summed E-state index contributed by atoms with van der Waals surface area (Å²) in [6.07, 6.45) is 1.34. The van der Waals surface area contributed by atoms with Crippen molar-refractivity contribution in [2.45, 2.75) is 6.92 Å². The molecule has 1 aromatic carbocycles. The van der Waals surface area contributed by atoms with Gasteiger partial charge < -0.3 is 14.9 Å². The van der Waals surface area contributed by atoms with Gasteiger partial charge >= 0.3 is 5.97 Å². The number of carbonyl (C=O) groups excluding carboxylic acids is 2. The quantitative estimate of drug-likeness (QED) is 0.521. The van der Waals surface area contributed by atoms with E-state index in [0.29, 0.717) is 11.3 Å². The molecule has 0 heterocycles. The number of halogens is 1. The van der Waals surface area contributed by atoms with Crippen molar-refractivity contribution >= 4 is 35.4 Å². The zero-order valence-electron chi connectivity index (χ0n) is 10.7. The molecule has 19 heavy (non-hydrogen) atoms. The van der Waals surface area contributed by atoms with Crippen LogP contribution in [-0.2, 0) is 14.4 Å². The van der Waals surface area contributed by atoms with Crippen molar-refractivity contribution in [2.75, 3.05) is 19.5 Å². The van der Waals surface area contributed by atoms with E-state index in [9.17, 15) is 9.59 Å². The summed E-state index contributed by atoms with van der Waals surface area (Å²) in [6, 6.07) is 2.90. The molecule has 0 atom stereocenters. The first-order valence-electron chi connectivity index (χ1n) is 5.25. The van der Waals surface area contributed by atoms with Crippen LogP contribution in [0.5, 0.6) is 0 Å². The molecule has 0 saturated heterocycles. The minimum atomic E-state index is -0.539. The van der Waals surface area contributed by atoms with Gasteiger partial charge in [0.2, 0.25) is 5.91 Å². The number of nitrogens with zero attached hydrogens (tertiary/aromatic N) is 1. The Kier molecular flexibility index (Phi) is 5.32. The molecule has 0 bridgehead atoms. The highest BCUT2D eigenvalue weighted by Gasteiger charge is 2.14. The van der Waals surface area contributed by atoms with E-state index in [1.807, 2.05) is 0 Å². The Morgan fingerprint density at radius 1 is 1.37 bits per heavy atom. The molecule has 1 aromatic rings. The van der Waals surface area contributed by atoms with E-state index in [-0.39, 0.29) is 16.5 Å². The van der Waals surface area contributed by atoms with Crippen LogP contribution in [0.1, 0.15) is 22.8 Å². The molecule has 0 aliphatic rings. The van der Waals surface area contributed by atoms with Crippen LogP contribution in [0.15, 0.2) is 17.3 Å². The minimum absolute atomic E-state index is 0.204. The molecule has 0 unspecified atom stereocenters. The lowest BCUT2D eigenvalue weighted by atomic mass is 10.1. The average Bonchev–Trinajstić information content (AvgIpc) is 2.37. The van der Waals surface area contributed by atoms with Crippen LogP contribution >= 0.6 is 11.6 Å². The highest BCUT2D eigenvalue weighted by atomic mass is 35.5. The maximum absolute atomic E-state index is 11.5. The number of hydrogen-bond acceptors (Lipinski definition) is 5. The number of rotatable bonds is 4. The van der Waals surface area contributed by atoms with Gasteiger partial charge in [-0.25, -0.2) is 4.79 Å². The number of oxime groups is 1. The van der Waals surface area contributed by atoms with E-state index < -0.39 is 5.97 Å². The van der Waals surface area contributed by atoms with E-state index in [2.05, 4.69) is 20.0 Å². The summed E-state index contributed by atoms with van der Waals surface area (Å²) < 4.78 is 4.61. The van der Waals surface area contributed by atoms with Crippen molar-refractivity contribution in [3.8, 4) is 0 Å². The number of methoxy groups -OCH3 is 1. The van der Waals surface area contributed by atoms with Crippen LogP contribution in [0, 0.1) is 0 Å². The molecule has 0 aliphatic carbocycles. The summed E-state index contributed by atoms with van der Waals surface area (Å²) in [6.45, 7) is 1.35. The molecule has 0 aromatic heterocycles. The van der Waals surface area contributed by atoms with Gasteiger partial charge in [-0.3, -0.25) is 4.79 Å². The Hall–Kier alpha value is -2.08. The largest absolute Gasteiger partial charge is 0.465 e. The van der Waals surface area contributed by atoms with Gasteiger partial charge in [0.25, 0.3) is 0 Å². The zero-order chi connectivity index (χ0) is 14.4. The van der Waals surface area contributed by atoms with E-state index in [1.54, 1.807) is 0 Å². The molecule has 0 spiro atoms. The van der Waals surface area contributed by atoms with Gasteiger partial charge in [-0.1, -0.05) is 16.8 Å². The predicted octanol–water partition coefficient (Wildman–Crippen LogP) is 2.07. The van der Waals surface area contributed by atoms with Crippen molar-refractivity contribution in [1.29, 1.82) is 0 Å². The van der Waals surface area contributed by atoms with Crippen molar-refractivity contribution in [3.05, 3.63) is 28.3 Å². The summed E-state index contributed by atoms with van der Waals surface area (Å²) in [4.78, 5) is 27.2. The van der Waals surface area contributed by atoms with Crippen molar-refractivity contribution in [3.63, 3.8) is 0 Å². The van der Waals surface area contributed by atoms with Crippen LogP contribution in [0.3, 0.4) is 0 Å². The second-order valence-electron chi connectivity index (χ2n) is 3.51. The molecule has 1 N–H and O–H groups in total. The second kappa shape index (κ2) is 6.75. The summed E-state index contributed by atoms with van der Waals surface area (Å²) >= 11 is 6.03. The van der Waals surface area contributed by atoms with Crippen LogP contribution in [-0.4, -0.2) is 32.3 Å². The number of ether oxygens (including phenoxy) is 1. The Morgan fingerprint density at radius 2 is 2.05 bits per heavy atom. The topological polar surface area (TPSA) is 77.0 Å². The first kappa shape index (κ1) is 15.0. The third kappa shape index (κ3) is 3.96. The van der Waals surface area contributed by atoms with E-state index in [4.69, 9.17) is 11.6 Å². The lowest BCUT2D eigenvalue weighted by Gasteiger charge is -2.10.